The van der Waals surface area contributed by atoms with E-state index in [9.17, 15) is 18.3 Å². The van der Waals surface area contributed by atoms with Gasteiger partial charge in [0.25, 0.3) is 0 Å². The minimum absolute atomic E-state index is 0.0589. The molecule has 0 bridgehead atoms. The van der Waals surface area contributed by atoms with Crippen LogP contribution < -0.4 is 5.32 Å². The van der Waals surface area contributed by atoms with E-state index in [1.807, 2.05) is 32.0 Å². The number of rotatable bonds is 5. The highest BCUT2D eigenvalue weighted by Gasteiger charge is 2.34. The van der Waals surface area contributed by atoms with Gasteiger partial charge in [-0.05, 0) is 54.7 Å². The second kappa shape index (κ2) is 8.03. The van der Waals surface area contributed by atoms with Crippen molar-refractivity contribution in [2.45, 2.75) is 44.7 Å². The van der Waals surface area contributed by atoms with E-state index in [0.29, 0.717) is 18.5 Å². The van der Waals surface area contributed by atoms with Crippen molar-refractivity contribution >= 4 is 15.9 Å². The van der Waals surface area contributed by atoms with Crippen molar-refractivity contribution < 1.29 is 18.3 Å². The molecule has 0 radical (unpaired) electrons. The maximum absolute atomic E-state index is 13.4. The summed E-state index contributed by atoms with van der Waals surface area (Å²) in [4.78, 5) is 11.6. The van der Waals surface area contributed by atoms with Gasteiger partial charge in [-0.15, -0.1) is 0 Å². The molecule has 1 fully saturated rings. The van der Waals surface area contributed by atoms with Gasteiger partial charge in [0.05, 0.1) is 11.5 Å². The highest BCUT2D eigenvalue weighted by molar-refractivity contribution is 7.89. The molecule has 2 aromatic rings. The molecule has 6 nitrogen and oxygen atoms in total. The van der Waals surface area contributed by atoms with Crippen molar-refractivity contribution in [2.24, 2.45) is 0 Å². The molecule has 1 amide bonds. The molecule has 0 aliphatic carbocycles. The first-order valence-electron chi connectivity index (χ1n) is 9.31. The Balaban J connectivity index is 2.02. The maximum Gasteiger partial charge on any atom is 0.243 e. The van der Waals surface area contributed by atoms with Crippen molar-refractivity contribution in [3.63, 3.8) is 0 Å². The average Bonchev–Trinajstić information content (AvgIpc) is 3.12. The van der Waals surface area contributed by atoms with Crippen LogP contribution in [0.15, 0.2) is 41.3 Å². The number of aliphatic hydroxyl groups excluding tert-OH is 1. The van der Waals surface area contributed by atoms with Crippen LogP contribution in [-0.2, 0) is 21.4 Å². The first kappa shape index (κ1) is 20.5. The smallest absolute Gasteiger partial charge is 0.243 e. The summed E-state index contributed by atoms with van der Waals surface area (Å²) in [5, 5.41) is 12.1. The van der Waals surface area contributed by atoms with E-state index < -0.39 is 10.0 Å². The summed E-state index contributed by atoms with van der Waals surface area (Å²) in [6, 6.07) is 10.7. The predicted octanol–water partition coefficient (Wildman–Crippen LogP) is 2.36. The number of aliphatic hydroxyl groups is 1. The summed E-state index contributed by atoms with van der Waals surface area (Å²) in [6.07, 6.45) is 0.601. The lowest BCUT2D eigenvalue weighted by Crippen LogP contribution is -2.37. The summed E-state index contributed by atoms with van der Waals surface area (Å²) in [7, 11) is -3.71. The largest absolute Gasteiger partial charge is 0.392 e. The molecule has 1 atom stereocenters. The molecular formula is C21H26N2O4S. The third kappa shape index (κ3) is 4.11. The van der Waals surface area contributed by atoms with Crippen LogP contribution in [0.5, 0.6) is 0 Å². The number of carbonyl (C=O) groups is 1. The summed E-state index contributed by atoms with van der Waals surface area (Å²) < 4.78 is 28.3. The molecule has 1 aliphatic heterocycles. The molecule has 7 heteroatoms. The zero-order valence-electron chi connectivity index (χ0n) is 16.4. The number of nitrogens with one attached hydrogen (secondary N) is 1. The first-order chi connectivity index (χ1) is 13.2. The highest BCUT2D eigenvalue weighted by Crippen LogP contribution is 2.33. The van der Waals surface area contributed by atoms with Gasteiger partial charge in [-0.2, -0.15) is 4.31 Å². The van der Waals surface area contributed by atoms with E-state index in [2.05, 4.69) is 5.32 Å². The van der Waals surface area contributed by atoms with Crippen LogP contribution >= 0.6 is 0 Å². The number of nitrogens with zero attached hydrogens (tertiary/aromatic N) is 1. The molecule has 3 rings (SSSR count). The number of hydrogen-bond donors (Lipinski definition) is 2. The minimum atomic E-state index is -3.71. The normalized spacial score (nSPS) is 17.6. The Morgan fingerprint density at radius 2 is 1.82 bits per heavy atom. The van der Waals surface area contributed by atoms with Crippen LogP contribution in [0, 0.1) is 13.8 Å². The number of aryl methyl sites for hydroxylation is 2. The Labute approximate surface area is 166 Å². The lowest BCUT2D eigenvalue weighted by atomic mass is 9.99. The number of carbonyl (C=O) groups excluding carboxylic acids is 1. The van der Waals surface area contributed by atoms with Gasteiger partial charge < -0.3 is 10.4 Å². The number of hydrogen-bond acceptors (Lipinski definition) is 4. The summed E-state index contributed by atoms with van der Waals surface area (Å²) in [5.74, 6) is -0.153. The second-order valence-electron chi connectivity index (χ2n) is 7.34. The van der Waals surface area contributed by atoms with Crippen molar-refractivity contribution in [1.29, 1.82) is 0 Å². The van der Waals surface area contributed by atoms with Crippen molar-refractivity contribution in [1.82, 2.24) is 9.62 Å². The molecule has 0 saturated carbocycles. The maximum atomic E-state index is 13.4. The van der Waals surface area contributed by atoms with Crippen LogP contribution in [0.1, 0.15) is 30.0 Å². The van der Waals surface area contributed by atoms with Gasteiger partial charge in [0.1, 0.15) is 0 Å². The monoisotopic (exact) mass is 402 g/mol. The molecule has 28 heavy (non-hydrogen) atoms. The molecular weight excluding hydrogens is 376 g/mol. The fourth-order valence-corrected chi connectivity index (χ4v) is 5.29. The quantitative estimate of drug-likeness (QED) is 0.804. The van der Waals surface area contributed by atoms with E-state index in [0.717, 1.165) is 22.3 Å². The Kier molecular flexibility index (Phi) is 5.88. The van der Waals surface area contributed by atoms with E-state index in [1.54, 1.807) is 18.2 Å². The fourth-order valence-electron chi connectivity index (χ4n) is 3.51. The summed E-state index contributed by atoms with van der Waals surface area (Å²) >= 11 is 0. The van der Waals surface area contributed by atoms with Gasteiger partial charge in [0.15, 0.2) is 0 Å². The molecule has 1 aliphatic rings. The predicted molar refractivity (Wildman–Crippen MR) is 108 cm³/mol. The summed E-state index contributed by atoms with van der Waals surface area (Å²) in [5.41, 5.74) is 4.13. The molecule has 0 aromatic heterocycles. The van der Waals surface area contributed by atoms with Crippen molar-refractivity contribution in [3.05, 3.63) is 53.1 Å². The van der Waals surface area contributed by atoms with Gasteiger partial charge in [0.2, 0.25) is 15.9 Å². The standard InChI is InChI=1S/C21H26N2O4S/c1-14-10-20(18-6-4-17(13-24)5-7-18)21(11-15(14)2)28(26,27)23-9-8-19(12-23)22-16(3)25/h4-7,10-11,19,24H,8-9,12-13H2,1-3H3,(H,22,25). The van der Waals surface area contributed by atoms with Gasteiger partial charge in [-0.25, -0.2) is 8.42 Å². The van der Waals surface area contributed by atoms with Crippen LogP contribution in [0.4, 0.5) is 0 Å². The summed E-state index contributed by atoms with van der Waals surface area (Å²) in [6.45, 7) is 5.89. The van der Waals surface area contributed by atoms with E-state index >= 15 is 0 Å². The van der Waals surface area contributed by atoms with Gasteiger partial charge in [0, 0.05) is 31.6 Å². The van der Waals surface area contributed by atoms with Crippen LogP contribution in [0.25, 0.3) is 11.1 Å². The fraction of sp³-hybridized carbons (Fsp3) is 0.381. The van der Waals surface area contributed by atoms with E-state index in [4.69, 9.17) is 0 Å². The van der Waals surface area contributed by atoms with Crippen molar-refractivity contribution in [3.8, 4) is 11.1 Å². The Hall–Kier alpha value is -2.22. The van der Waals surface area contributed by atoms with E-state index in [1.165, 1.54) is 11.2 Å². The number of sulfonamides is 1. The average molecular weight is 403 g/mol. The van der Waals surface area contributed by atoms with Crippen molar-refractivity contribution in [2.75, 3.05) is 13.1 Å². The lowest BCUT2D eigenvalue weighted by Gasteiger charge is -2.20. The zero-order chi connectivity index (χ0) is 20.5. The highest BCUT2D eigenvalue weighted by atomic mass is 32.2. The van der Waals surface area contributed by atoms with Gasteiger partial charge in [-0.1, -0.05) is 24.3 Å². The van der Waals surface area contributed by atoms with E-state index in [-0.39, 0.29) is 30.0 Å². The third-order valence-corrected chi connectivity index (χ3v) is 7.12. The molecule has 1 heterocycles. The first-order valence-corrected chi connectivity index (χ1v) is 10.7. The number of amides is 1. The van der Waals surface area contributed by atoms with Crippen LogP contribution in [-0.4, -0.2) is 42.9 Å². The Bertz CT molecular complexity index is 984. The second-order valence-corrected chi connectivity index (χ2v) is 9.24. The molecule has 150 valence electrons. The van der Waals surface area contributed by atoms with Crippen LogP contribution in [0.2, 0.25) is 0 Å². The SMILES string of the molecule is CC(=O)NC1CCN(S(=O)(=O)c2cc(C)c(C)cc2-c2ccc(CO)cc2)C1. The number of benzene rings is 2. The van der Waals surface area contributed by atoms with Crippen LogP contribution in [0.3, 0.4) is 0 Å². The molecule has 1 saturated heterocycles. The molecule has 1 unspecified atom stereocenters. The minimum Gasteiger partial charge on any atom is -0.392 e. The zero-order valence-corrected chi connectivity index (χ0v) is 17.2. The molecule has 0 spiro atoms. The third-order valence-electron chi connectivity index (χ3n) is 5.22. The van der Waals surface area contributed by atoms with Gasteiger partial charge in [-0.3, -0.25) is 4.79 Å². The topological polar surface area (TPSA) is 86.7 Å². The van der Waals surface area contributed by atoms with Gasteiger partial charge >= 0.3 is 0 Å². The molecule has 2 aromatic carbocycles. The molecule has 2 N–H and O–H groups in total. The lowest BCUT2D eigenvalue weighted by molar-refractivity contribution is -0.119. The Morgan fingerprint density at radius 1 is 1.18 bits per heavy atom. The Morgan fingerprint density at radius 3 is 2.43 bits per heavy atom.